The molecule has 10 heavy (non-hydrogen) atoms. The third-order valence-corrected chi connectivity index (χ3v) is 2.13. The summed E-state index contributed by atoms with van der Waals surface area (Å²) in [4.78, 5) is 10.9. The molecular formula is C7H12BrNO. The van der Waals surface area contributed by atoms with Gasteiger partial charge in [-0.15, -0.1) is 6.58 Å². The Balaban J connectivity index is 3.51. The summed E-state index contributed by atoms with van der Waals surface area (Å²) in [5.74, 6) is 0.0300. The van der Waals surface area contributed by atoms with E-state index in [1.54, 1.807) is 6.08 Å². The van der Waals surface area contributed by atoms with Crippen LogP contribution in [0.25, 0.3) is 0 Å². The van der Waals surface area contributed by atoms with Crippen molar-refractivity contribution in [3.05, 3.63) is 12.7 Å². The summed E-state index contributed by atoms with van der Waals surface area (Å²) in [6.07, 6.45) is 2.47. The van der Waals surface area contributed by atoms with E-state index in [4.69, 9.17) is 0 Å². The molecule has 3 heteroatoms. The summed E-state index contributed by atoms with van der Waals surface area (Å²) in [5.41, 5.74) is 0. The molecule has 0 aromatic rings. The van der Waals surface area contributed by atoms with E-state index in [0.717, 1.165) is 6.42 Å². The van der Waals surface area contributed by atoms with Crippen LogP contribution in [-0.4, -0.2) is 17.3 Å². The van der Waals surface area contributed by atoms with Gasteiger partial charge in [-0.3, -0.25) is 4.79 Å². The van der Waals surface area contributed by atoms with Crippen LogP contribution in [0.3, 0.4) is 0 Å². The first kappa shape index (κ1) is 9.69. The van der Waals surface area contributed by atoms with Gasteiger partial charge in [0.2, 0.25) is 5.91 Å². The summed E-state index contributed by atoms with van der Waals surface area (Å²) in [7, 11) is 0. The molecule has 0 saturated heterocycles. The maximum absolute atomic E-state index is 10.9. The molecule has 58 valence electrons. The standard InChI is InChI=1S/C7H12BrNO/c1-3-5-9-7(10)6(8)4-2/h3,6H,1,4-5H2,2H3,(H,9,10). The topological polar surface area (TPSA) is 29.1 Å². The molecule has 0 radical (unpaired) electrons. The Morgan fingerprint density at radius 2 is 2.50 bits per heavy atom. The highest BCUT2D eigenvalue weighted by molar-refractivity contribution is 9.10. The Hall–Kier alpha value is -0.310. The van der Waals surface area contributed by atoms with E-state index >= 15 is 0 Å². The quantitative estimate of drug-likeness (QED) is 0.547. The van der Waals surface area contributed by atoms with Gasteiger partial charge in [0.05, 0.1) is 4.83 Å². The maximum atomic E-state index is 10.9. The third kappa shape index (κ3) is 3.67. The minimum Gasteiger partial charge on any atom is -0.352 e. The smallest absolute Gasteiger partial charge is 0.234 e. The summed E-state index contributed by atoms with van der Waals surface area (Å²) in [6.45, 7) is 5.98. The first-order chi connectivity index (χ1) is 4.72. The van der Waals surface area contributed by atoms with Gasteiger partial charge in [0.15, 0.2) is 0 Å². The van der Waals surface area contributed by atoms with Crippen molar-refractivity contribution in [3.63, 3.8) is 0 Å². The van der Waals surface area contributed by atoms with E-state index in [1.165, 1.54) is 0 Å². The lowest BCUT2D eigenvalue weighted by atomic mass is 10.3. The number of hydrogen-bond donors (Lipinski definition) is 1. The molecule has 0 heterocycles. The highest BCUT2D eigenvalue weighted by Gasteiger charge is 2.09. The predicted octanol–water partition coefficient (Wildman–Crippen LogP) is 1.46. The zero-order valence-corrected chi connectivity index (χ0v) is 7.65. The number of carbonyl (C=O) groups is 1. The molecule has 1 atom stereocenters. The predicted molar refractivity (Wildman–Crippen MR) is 46.2 cm³/mol. The Morgan fingerprint density at radius 3 is 2.90 bits per heavy atom. The Morgan fingerprint density at radius 1 is 1.90 bits per heavy atom. The van der Waals surface area contributed by atoms with Gasteiger partial charge in [0, 0.05) is 6.54 Å². The number of nitrogens with one attached hydrogen (secondary N) is 1. The van der Waals surface area contributed by atoms with Crippen LogP contribution in [0.5, 0.6) is 0 Å². The molecule has 0 spiro atoms. The second-order valence-electron chi connectivity index (χ2n) is 1.91. The Bertz CT molecular complexity index is 125. The monoisotopic (exact) mass is 205 g/mol. The average Bonchev–Trinajstić information content (AvgIpc) is 1.98. The molecule has 0 bridgehead atoms. The molecule has 0 fully saturated rings. The SMILES string of the molecule is C=CCNC(=O)C(Br)CC. The van der Waals surface area contributed by atoms with Gasteiger partial charge in [-0.25, -0.2) is 0 Å². The molecule has 0 aliphatic carbocycles. The number of hydrogen-bond acceptors (Lipinski definition) is 1. The number of amides is 1. The van der Waals surface area contributed by atoms with E-state index in [-0.39, 0.29) is 10.7 Å². The average molecular weight is 206 g/mol. The zero-order valence-electron chi connectivity index (χ0n) is 6.06. The first-order valence-electron chi connectivity index (χ1n) is 3.25. The minimum atomic E-state index is -0.0625. The molecular weight excluding hydrogens is 194 g/mol. The van der Waals surface area contributed by atoms with Crippen LogP contribution < -0.4 is 5.32 Å². The highest BCUT2D eigenvalue weighted by atomic mass is 79.9. The second kappa shape index (κ2) is 5.47. The van der Waals surface area contributed by atoms with Crippen molar-refractivity contribution in [2.45, 2.75) is 18.2 Å². The van der Waals surface area contributed by atoms with Crippen molar-refractivity contribution in [3.8, 4) is 0 Å². The molecule has 0 aromatic heterocycles. The molecule has 1 amide bonds. The fourth-order valence-corrected chi connectivity index (χ4v) is 0.631. The molecule has 0 saturated carbocycles. The van der Waals surface area contributed by atoms with E-state index in [0.29, 0.717) is 6.54 Å². The van der Waals surface area contributed by atoms with Gasteiger partial charge < -0.3 is 5.32 Å². The van der Waals surface area contributed by atoms with Crippen molar-refractivity contribution in [1.29, 1.82) is 0 Å². The lowest BCUT2D eigenvalue weighted by molar-refractivity contribution is -0.120. The van der Waals surface area contributed by atoms with Crippen molar-refractivity contribution in [1.82, 2.24) is 5.32 Å². The van der Waals surface area contributed by atoms with E-state index < -0.39 is 0 Å². The molecule has 0 aliphatic rings. The lowest BCUT2D eigenvalue weighted by Crippen LogP contribution is -2.30. The molecule has 0 aromatic carbocycles. The summed E-state index contributed by atoms with van der Waals surface area (Å²) in [6, 6.07) is 0. The lowest BCUT2D eigenvalue weighted by Gasteiger charge is -2.05. The fourth-order valence-electron chi connectivity index (χ4n) is 0.469. The Kier molecular flexibility index (Phi) is 5.30. The van der Waals surface area contributed by atoms with Crippen molar-refractivity contribution in [2.75, 3.05) is 6.54 Å². The number of alkyl halides is 1. The van der Waals surface area contributed by atoms with Gasteiger partial charge in [-0.05, 0) is 6.42 Å². The summed E-state index contributed by atoms with van der Waals surface area (Å²) >= 11 is 3.23. The highest BCUT2D eigenvalue weighted by Crippen LogP contribution is 2.02. The minimum absolute atomic E-state index is 0.0300. The van der Waals surface area contributed by atoms with E-state index in [2.05, 4.69) is 27.8 Å². The van der Waals surface area contributed by atoms with Crippen LogP contribution in [0, 0.1) is 0 Å². The molecule has 0 rings (SSSR count). The summed E-state index contributed by atoms with van der Waals surface area (Å²) in [5, 5.41) is 2.68. The van der Waals surface area contributed by atoms with Crippen LogP contribution >= 0.6 is 15.9 Å². The third-order valence-electron chi connectivity index (χ3n) is 1.06. The van der Waals surface area contributed by atoms with Crippen LogP contribution in [0.4, 0.5) is 0 Å². The van der Waals surface area contributed by atoms with Crippen LogP contribution in [0.15, 0.2) is 12.7 Å². The first-order valence-corrected chi connectivity index (χ1v) is 4.16. The van der Waals surface area contributed by atoms with Gasteiger partial charge in [0.25, 0.3) is 0 Å². The van der Waals surface area contributed by atoms with E-state index in [1.807, 2.05) is 6.92 Å². The summed E-state index contributed by atoms with van der Waals surface area (Å²) < 4.78 is 0. The van der Waals surface area contributed by atoms with Crippen LogP contribution in [0.2, 0.25) is 0 Å². The number of carbonyl (C=O) groups excluding carboxylic acids is 1. The normalized spacial score (nSPS) is 12.2. The largest absolute Gasteiger partial charge is 0.352 e. The number of halogens is 1. The van der Waals surface area contributed by atoms with Crippen molar-refractivity contribution < 1.29 is 4.79 Å². The van der Waals surface area contributed by atoms with Crippen molar-refractivity contribution >= 4 is 21.8 Å². The Labute approximate surface area is 69.8 Å². The van der Waals surface area contributed by atoms with Gasteiger partial charge in [0.1, 0.15) is 0 Å². The van der Waals surface area contributed by atoms with Crippen LogP contribution in [-0.2, 0) is 4.79 Å². The van der Waals surface area contributed by atoms with Gasteiger partial charge in [-0.2, -0.15) is 0 Å². The zero-order chi connectivity index (χ0) is 7.98. The molecule has 2 nitrogen and oxygen atoms in total. The fraction of sp³-hybridized carbons (Fsp3) is 0.571. The maximum Gasteiger partial charge on any atom is 0.234 e. The van der Waals surface area contributed by atoms with E-state index in [9.17, 15) is 4.79 Å². The second-order valence-corrected chi connectivity index (χ2v) is 3.01. The molecule has 1 unspecified atom stereocenters. The van der Waals surface area contributed by atoms with Gasteiger partial charge in [-0.1, -0.05) is 28.9 Å². The molecule has 0 aliphatic heterocycles. The molecule has 1 N–H and O–H groups in total. The number of rotatable bonds is 4. The van der Waals surface area contributed by atoms with Crippen molar-refractivity contribution in [2.24, 2.45) is 0 Å². The van der Waals surface area contributed by atoms with Gasteiger partial charge >= 0.3 is 0 Å². The van der Waals surface area contributed by atoms with Crippen LogP contribution in [0.1, 0.15) is 13.3 Å².